The van der Waals surface area contributed by atoms with Gasteiger partial charge in [-0.2, -0.15) is 0 Å². The van der Waals surface area contributed by atoms with Crippen molar-refractivity contribution in [2.45, 2.75) is 111 Å². The number of nitrogens with zero attached hydrogens (tertiary/aromatic N) is 1. The van der Waals surface area contributed by atoms with Crippen LogP contribution in [0.5, 0.6) is 0 Å². The molecule has 37 heavy (non-hydrogen) atoms. The number of ether oxygens (including phenoxy) is 1. The minimum absolute atomic E-state index is 0.0308. The third-order valence-corrected chi connectivity index (χ3v) is 5.91. The number of carbonyl (C=O) groups is 4. The molecule has 4 amide bonds. The molecule has 0 saturated carbocycles. The maximum atomic E-state index is 14.2. The van der Waals surface area contributed by atoms with Crippen LogP contribution in [0.2, 0.25) is 0 Å². The number of primary amides is 1. The van der Waals surface area contributed by atoms with Crippen molar-refractivity contribution >= 4 is 23.8 Å². The highest BCUT2D eigenvalue weighted by Gasteiger charge is 2.42. The summed E-state index contributed by atoms with van der Waals surface area (Å²) in [5, 5.41) is 5.59. The van der Waals surface area contributed by atoms with E-state index in [1.165, 1.54) is 4.90 Å². The smallest absolute Gasteiger partial charge is 0.408 e. The van der Waals surface area contributed by atoms with Gasteiger partial charge in [0.2, 0.25) is 17.7 Å². The molecule has 2 unspecified atom stereocenters. The standard InChI is InChI=1S/C28H46N4O5/c1-10-11-17-30-24(34)23(20-14-12-13-18(2)19(20)3)32(27(4,5)6)25(35)21(15-16-22(29)33)31-26(36)37-28(7,8)9/h12-14,21,23H,10-11,15-17H2,1-9H3,(H2,29,33)(H,30,34)(H,31,36). The number of amides is 4. The van der Waals surface area contributed by atoms with E-state index in [1.54, 1.807) is 20.8 Å². The molecule has 0 aliphatic carbocycles. The van der Waals surface area contributed by atoms with Crippen molar-refractivity contribution in [3.05, 3.63) is 34.9 Å². The van der Waals surface area contributed by atoms with E-state index < -0.39 is 41.1 Å². The number of hydrogen-bond donors (Lipinski definition) is 3. The van der Waals surface area contributed by atoms with Gasteiger partial charge >= 0.3 is 6.09 Å². The van der Waals surface area contributed by atoms with Gasteiger partial charge in [0.15, 0.2) is 0 Å². The second-order valence-electron chi connectivity index (χ2n) is 11.4. The van der Waals surface area contributed by atoms with E-state index in [1.807, 2.05) is 59.7 Å². The van der Waals surface area contributed by atoms with E-state index in [0.29, 0.717) is 12.1 Å². The van der Waals surface area contributed by atoms with E-state index in [2.05, 4.69) is 10.6 Å². The predicted octanol–water partition coefficient (Wildman–Crippen LogP) is 4.05. The van der Waals surface area contributed by atoms with E-state index in [-0.39, 0.29) is 18.7 Å². The van der Waals surface area contributed by atoms with Crippen molar-refractivity contribution in [1.82, 2.24) is 15.5 Å². The van der Waals surface area contributed by atoms with E-state index in [9.17, 15) is 19.2 Å². The Hall–Kier alpha value is -3.10. The molecule has 0 spiro atoms. The SMILES string of the molecule is CCCCNC(=O)C(c1cccc(C)c1C)N(C(=O)C(CCC(N)=O)NC(=O)OC(C)(C)C)C(C)(C)C. The largest absolute Gasteiger partial charge is 0.444 e. The maximum Gasteiger partial charge on any atom is 0.408 e. The Labute approximate surface area is 221 Å². The van der Waals surface area contributed by atoms with Crippen LogP contribution in [0.3, 0.4) is 0 Å². The van der Waals surface area contributed by atoms with Gasteiger partial charge in [0.05, 0.1) is 0 Å². The maximum absolute atomic E-state index is 14.2. The summed E-state index contributed by atoms with van der Waals surface area (Å²) in [5.74, 6) is -1.41. The normalized spacial score (nSPS) is 13.3. The molecular formula is C28H46N4O5. The molecular weight excluding hydrogens is 472 g/mol. The minimum atomic E-state index is -1.13. The van der Waals surface area contributed by atoms with E-state index in [0.717, 1.165) is 24.0 Å². The Balaban J connectivity index is 3.61. The van der Waals surface area contributed by atoms with Gasteiger partial charge in [-0.3, -0.25) is 14.4 Å². The molecule has 0 radical (unpaired) electrons. The number of rotatable bonds is 11. The molecule has 0 aliphatic rings. The van der Waals surface area contributed by atoms with Gasteiger partial charge in [-0.1, -0.05) is 31.5 Å². The molecule has 1 rings (SSSR count). The lowest BCUT2D eigenvalue weighted by molar-refractivity contribution is -0.148. The Bertz CT molecular complexity index is 962. The summed E-state index contributed by atoms with van der Waals surface area (Å²) in [7, 11) is 0. The molecule has 9 heteroatoms. The van der Waals surface area contributed by atoms with E-state index in [4.69, 9.17) is 10.5 Å². The van der Waals surface area contributed by atoms with Crippen LogP contribution in [-0.2, 0) is 19.1 Å². The third-order valence-electron chi connectivity index (χ3n) is 5.91. The average molecular weight is 519 g/mol. The van der Waals surface area contributed by atoms with Gasteiger partial charge in [-0.25, -0.2) is 4.79 Å². The molecule has 0 bridgehead atoms. The number of hydrogen-bond acceptors (Lipinski definition) is 5. The van der Waals surface area contributed by atoms with Gasteiger partial charge < -0.3 is 26.0 Å². The van der Waals surface area contributed by atoms with Gasteiger partial charge in [0.1, 0.15) is 17.7 Å². The summed E-state index contributed by atoms with van der Waals surface area (Å²) >= 11 is 0. The minimum Gasteiger partial charge on any atom is -0.444 e. The topological polar surface area (TPSA) is 131 Å². The van der Waals surface area contributed by atoms with Crippen LogP contribution >= 0.6 is 0 Å². The number of aryl methyl sites for hydroxylation is 1. The lowest BCUT2D eigenvalue weighted by Gasteiger charge is -2.43. The fourth-order valence-electron chi connectivity index (χ4n) is 3.96. The molecule has 0 heterocycles. The molecule has 0 aromatic heterocycles. The zero-order valence-electron chi connectivity index (χ0n) is 24.0. The predicted molar refractivity (Wildman–Crippen MR) is 145 cm³/mol. The molecule has 0 saturated heterocycles. The first-order chi connectivity index (χ1) is 17.0. The van der Waals surface area contributed by atoms with Gasteiger partial charge in [-0.15, -0.1) is 0 Å². The fraction of sp³-hybridized carbons (Fsp3) is 0.643. The van der Waals surface area contributed by atoms with Gasteiger partial charge in [-0.05, 0) is 84.9 Å². The number of nitrogens with one attached hydrogen (secondary N) is 2. The van der Waals surface area contributed by atoms with Gasteiger partial charge in [0.25, 0.3) is 0 Å². The molecule has 0 fully saturated rings. The quantitative estimate of drug-likeness (QED) is 0.381. The number of alkyl carbamates (subject to hydrolysis) is 1. The van der Waals surface area contributed by atoms with Crippen molar-refractivity contribution in [2.75, 3.05) is 6.54 Å². The molecule has 4 N–H and O–H groups in total. The van der Waals surface area contributed by atoms with Crippen LogP contribution in [0.15, 0.2) is 18.2 Å². The first kappa shape index (κ1) is 31.9. The summed E-state index contributed by atoms with van der Waals surface area (Å²) in [6, 6.07) is 3.57. The van der Waals surface area contributed by atoms with Crippen molar-refractivity contribution in [2.24, 2.45) is 5.73 Å². The summed E-state index contributed by atoms with van der Waals surface area (Å²) < 4.78 is 5.37. The van der Waals surface area contributed by atoms with Crippen LogP contribution in [0.25, 0.3) is 0 Å². The lowest BCUT2D eigenvalue weighted by atomic mass is 9.91. The summed E-state index contributed by atoms with van der Waals surface area (Å²) in [5.41, 5.74) is 6.34. The van der Waals surface area contributed by atoms with Crippen LogP contribution in [-0.4, -0.2) is 52.4 Å². The van der Waals surface area contributed by atoms with Crippen LogP contribution < -0.4 is 16.4 Å². The molecule has 1 aromatic rings. The molecule has 2 atom stereocenters. The number of carbonyl (C=O) groups excluding carboxylic acids is 4. The first-order valence-corrected chi connectivity index (χ1v) is 12.9. The zero-order chi connectivity index (χ0) is 28.6. The fourth-order valence-corrected chi connectivity index (χ4v) is 3.96. The Morgan fingerprint density at radius 1 is 1.05 bits per heavy atom. The van der Waals surface area contributed by atoms with Crippen LogP contribution in [0.1, 0.15) is 96.9 Å². The highest BCUT2D eigenvalue weighted by molar-refractivity contribution is 5.93. The van der Waals surface area contributed by atoms with Crippen molar-refractivity contribution < 1.29 is 23.9 Å². The Kier molecular flexibility index (Phi) is 11.6. The van der Waals surface area contributed by atoms with Crippen LogP contribution in [0, 0.1) is 13.8 Å². The van der Waals surface area contributed by atoms with E-state index >= 15 is 0 Å². The zero-order valence-corrected chi connectivity index (χ0v) is 24.0. The second-order valence-corrected chi connectivity index (χ2v) is 11.4. The van der Waals surface area contributed by atoms with Crippen LogP contribution in [0.4, 0.5) is 4.79 Å². The molecule has 9 nitrogen and oxygen atoms in total. The van der Waals surface area contributed by atoms with Crippen molar-refractivity contribution in [3.63, 3.8) is 0 Å². The third kappa shape index (κ3) is 10.1. The monoisotopic (exact) mass is 518 g/mol. The first-order valence-electron chi connectivity index (χ1n) is 12.9. The highest BCUT2D eigenvalue weighted by Crippen LogP contribution is 2.33. The number of benzene rings is 1. The summed E-state index contributed by atoms with van der Waals surface area (Å²) in [6.45, 7) is 17.0. The van der Waals surface area contributed by atoms with Crippen molar-refractivity contribution in [3.8, 4) is 0 Å². The Morgan fingerprint density at radius 2 is 1.68 bits per heavy atom. The molecule has 1 aromatic carbocycles. The number of nitrogens with two attached hydrogens (primary N) is 1. The Morgan fingerprint density at radius 3 is 2.19 bits per heavy atom. The lowest BCUT2D eigenvalue weighted by Crippen LogP contribution is -2.58. The van der Waals surface area contributed by atoms with Crippen molar-refractivity contribution in [1.29, 1.82) is 0 Å². The average Bonchev–Trinajstić information content (AvgIpc) is 2.74. The summed E-state index contributed by atoms with van der Waals surface area (Å²) in [6.07, 6.45) is 0.763. The van der Waals surface area contributed by atoms with Gasteiger partial charge in [0, 0.05) is 18.5 Å². The molecule has 0 aliphatic heterocycles. The number of unbranched alkanes of at least 4 members (excludes halogenated alkanes) is 1. The molecule has 208 valence electrons. The second kappa shape index (κ2) is 13.4. The highest BCUT2D eigenvalue weighted by atomic mass is 16.6. The summed E-state index contributed by atoms with van der Waals surface area (Å²) in [4.78, 5) is 53.6.